The molecule has 6 heteroatoms. The number of hydrogen-bond acceptors (Lipinski definition) is 3. The van der Waals surface area contributed by atoms with Crippen LogP contribution in [-0.4, -0.2) is 48.0 Å². The topological polar surface area (TPSA) is 49.5 Å². The molecule has 0 saturated heterocycles. The highest BCUT2D eigenvalue weighted by Crippen LogP contribution is 2.26. The Kier molecular flexibility index (Phi) is 6.94. The molecule has 0 radical (unpaired) electrons. The molecule has 0 heterocycles. The molecule has 0 aromatic heterocycles. The van der Waals surface area contributed by atoms with Crippen molar-refractivity contribution in [1.29, 1.82) is 0 Å². The Morgan fingerprint density at radius 3 is 2.19 bits per heavy atom. The molecule has 0 aliphatic rings. The molecular formula is C10H21F3N2O. The Bertz CT molecular complexity index is 185. The molecule has 0 spiro atoms. The van der Waals surface area contributed by atoms with Crippen molar-refractivity contribution in [3.05, 3.63) is 0 Å². The van der Waals surface area contributed by atoms with Gasteiger partial charge in [-0.2, -0.15) is 13.2 Å². The van der Waals surface area contributed by atoms with Crippen LogP contribution in [0.5, 0.6) is 0 Å². The fourth-order valence-corrected chi connectivity index (χ4v) is 1.72. The van der Waals surface area contributed by atoms with Crippen molar-refractivity contribution < 1.29 is 18.3 Å². The Morgan fingerprint density at radius 2 is 1.88 bits per heavy atom. The lowest BCUT2D eigenvalue weighted by molar-refractivity contribution is -0.189. The first-order valence-corrected chi connectivity index (χ1v) is 5.51. The molecule has 0 amide bonds. The van der Waals surface area contributed by atoms with Gasteiger partial charge in [0, 0.05) is 12.6 Å². The van der Waals surface area contributed by atoms with Gasteiger partial charge in [-0.15, -0.1) is 0 Å². The number of aliphatic hydroxyl groups is 1. The van der Waals surface area contributed by atoms with E-state index in [9.17, 15) is 13.2 Å². The summed E-state index contributed by atoms with van der Waals surface area (Å²) in [4.78, 5) is 1.22. The second kappa shape index (κ2) is 7.09. The molecule has 98 valence electrons. The SMILES string of the molecule is CCCCN(CCO)C(C(C)N)C(F)(F)F. The third kappa shape index (κ3) is 5.14. The lowest BCUT2D eigenvalue weighted by atomic mass is 10.1. The molecule has 0 fully saturated rings. The van der Waals surface area contributed by atoms with Gasteiger partial charge in [0.25, 0.3) is 0 Å². The predicted octanol–water partition coefficient (Wildman–Crippen LogP) is 1.36. The molecule has 0 aromatic rings. The minimum atomic E-state index is -4.35. The van der Waals surface area contributed by atoms with E-state index < -0.39 is 18.3 Å². The molecule has 0 aliphatic carbocycles. The summed E-state index contributed by atoms with van der Waals surface area (Å²) in [7, 11) is 0. The first kappa shape index (κ1) is 15.7. The summed E-state index contributed by atoms with van der Waals surface area (Å²) < 4.78 is 38.3. The van der Waals surface area contributed by atoms with Crippen LogP contribution in [0.1, 0.15) is 26.7 Å². The van der Waals surface area contributed by atoms with E-state index in [1.165, 1.54) is 11.8 Å². The number of rotatable bonds is 7. The van der Waals surface area contributed by atoms with Gasteiger partial charge in [0.2, 0.25) is 0 Å². The summed E-state index contributed by atoms with van der Waals surface area (Å²) in [6.07, 6.45) is -2.87. The average Bonchev–Trinajstić information content (AvgIpc) is 2.11. The number of nitrogens with zero attached hydrogens (tertiary/aromatic N) is 1. The van der Waals surface area contributed by atoms with Crippen molar-refractivity contribution in [3.63, 3.8) is 0 Å². The van der Waals surface area contributed by atoms with Crippen LogP contribution in [0.4, 0.5) is 13.2 Å². The fourth-order valence-electron chi connectivity index (χ4n) is 1.72. The number of unbranched alkanes of at least 4 members (excludes halogenated alkanes) is 1. The maximum atomic E-state index is 12.8. The predicted molar refractivity (Wildman–Crippen MR) is 57.1 cm³/mol. The van der Waals surface area contributed by atoms with Gasteiger partial charge in [-0.1, -0.05) is 13.3 Å². The van der Waals surface area contributed by atoms with Crippen LogP contribution in [0, 0.1) is 0 Å². The summed E-state index contributed by atoms with van der Waals surface area (Å²) in [6, 6.07) is -2.67. The summed E-state index contributed by atoms with van der Waals surface area (Å²) in [5.74, 6) is 0. The van der Waals surface area contributed by atoms with E-state index in [1.807, 2.05) is 6.92 Å². The minimum Gasteiger partial charge on any atom is -0.395 e. The van der Waals surface area contributed by atoms with E-state index in [0.29, 0.717) is 13.0 Å². The summed E-state index contributed by atoms with van der Waals surface area (Å²) >= 11 is 0. The van der Waals surface area contributed by atoms with E-state index in [0.717, 1.165) is 6.42 Å². The molecule has 3 nitrogen and oxygen atoms in total. The smallest absolute Gasteiger partial charge is 0.395 e. The molecule has 2 atom stereocenters. The molecule has 3 N–H and O–H groups in total. The first-order chi connectivity index (χ1) is 7.34. The zero-order chi connectivity index (χ0) is 12.8. The maximum Gasteiger partial charge on any atom is 0.405 e. The van der Waals surface area contributed by atoms with E-state index in [2.05, 4.69) is 0 Å². The second-order valence-electron chi connectivity index (χ2n) is 3.96. The van der Waals surface area contributed by atoms with Crippen LogP contribution in [0.2, 0.25) is 0 Å². The quantitative estimate of drug-likeness (QED) is 0.708. The van der Waals surface area contributed by atoms with E-state index >= 15 is 0 Å². The number of alkyl halides is 3. The highest BCUT2D eigenvalue weighted by Gasteiger charge is 2.45. The van der Waals surface area contributed by atoms with Gasteiger partial charge in [-0.3, -0.25) is 4.90 Å². The Morgan fingerprint density at radius 1 is 1.31 bits per heavy atom. The highest BCUT2D eigenvalue weighted by molar-refractivity contribution is 4.85. The van der Waals surface area contributed by atoms with Gasteiger partial charge in [0.1, 0.15) is 6.04 Å². The molecule has 0 aliphatic heterocycles. The lowest BCUT2D eigenvalue weighted by Gasteiger charge is -2.35. The van der Waals surface area contributed by atoms with E-state index in [4.69, 9.17) is 10.8 Å². The van der Waals surface area contributed by atoms with Crippen molar-refractivity contribution in [1.82, 2.24) is 4.90 Å². The van der Waals surface area contributed by atoms with Crippen molar-refractivity contribution in [2.75, 3.05) is 19.7 Å². The van der Waals surface area contributed by atoms with Crippen molar-refractivity contribution >= 4 is 0 Å². The molecular weight excluding hydrogens is 221 g/mol. The van der Waals surface area contributed by atoms with Crippen molar-refractivity contribution in [2.45, 2.75) is 44.9 Å². The van der Waals surface area contributed by atoms with Crippen molar-refractivity contribution in [3.8, 4) is 0 Å². The van der Waals surface area contributed by atoms with Crippen LogP contribution in [-0.2, 0) is 0 Å². The van der Waals surface area contributed by atoms with Crippen LogP contribution in [0.25, 0.3) is 0 Å². The molecule has 16 heavy (non-hydrogen) atoms. The number of hydrogen-bond donors (Lipinski definition) is 2. The number of halogens is 3. The first-order valence-electron chi connectivity index (χ1n) is 5.51. The molecule has 0 rings (SSSR count). The van der Waals surface area contributed by atoms with Gasteiger partial charge in [0.05, 0.1) is 6.61 Å². The van der Waals surface area contributed by atoms with Gasteiger partial charge < -0.3 is 10.8 Å². The Balaban J connectivity index is 4.66. The number of aliphatic hydroxyl groups excluding tert-OH is 1. The molecule has 2 unspecified atom stereocenters. The van der Waals surface area contributed by atoms with Crippen LogP contribution in [0.3, 0.4) is 0 Å². The minimum absolute atomic E-state index is 0.00567. The van der Waals surface area contributed by atoms with Crippen LogP contribution < -0.4 is 5.73 Å². The highest BCUT2D eigenvalue weighted by atomic mass is 19.4. The summed E-state index contributed by atoms with van der Waals surface area (Å²) in [5.41, 5.74) is 5.38. The third-order valence-electron chi connectivity index (χ3n) is 2.41. The Labute approximate surface area is 94.4 Å². The number of nitrogens with two attached hydrogens (primary N) is 1. The third-order valence-corrected chi connectivity index (χ3v) is 2.41. The lowest BCUT2D eigenvalue weighted by Crippen LogP contribution is -2.56. The zero-order valence-corrected chi connectivity index (χ0v) is 9.80. The standard InChI is InChI=1S/C10H21F3N2O/c1-3-4-5-15(6-7-16)9(8(2)14)10(11,12)13/h8-9,16H,3-7,14H2,1-2H3. The normalized spacial score (nSPS) is 16.5. The van der Waals surface area contributed by atoms with Gasteiger partial charge in [0.15, 0.2) is 0 Å². The summed E-state index contributed by atoms with van der Waals surface area (Å²) in [6.45, 7) is 3.28. The Hall–Kier alpha value is -0.330. The zero-order valence-electron chi connectivity index (χ0n) is 9.80. The maximum absolute atomic E-state index is 12.8. The average molecular weight is 242 g/mol. The van der Waals surface area contributed by atoms with Gasteiger partial charge in [-0.25, -0.2) is 0 Å². The van der Waals surface area contributed by atoms with Crippen LogP contribution in [0.15, 0.2) is 0 Å². The molecule has 0 bridgehead atoms. The van der Waals surface area contributed by atoms with Crippen LogP contribution >= 0.6 is 0 Å². The van der Waals surface area contributed by atoms with Gasteiger partial charge in [-0.05, 0) is 19.9 Å². The van der Waals surface area contributed by atoms with Crippen molar-refractivity contribution in [2.24, 2.45) is 5.73 Å². The monoisotopic (exact) mass is 242 g/mol. The second-order valence-corrected chi connectivity index (χ2v) is 3.96. The largest absolute Gasteiger partial charge is 0.405 e. The summed E-state index contributed by atoms with van der Waals surface area (Å²) in [5, 5.41) is 8.78. The molecule has 0 saturated carbocycles. The van der Waals surface area contributed by atoms with E-state index in [-0.39, 0.29) is 13.2 Å². The van der Waals surface area contributed by atoms with E-state index in [1.54, 1.807) is 0 Å². The van der Waals surface area contributed by atoms with Gasteiger partial charge >= 0.3 is 6.18 Å². The fraction of sp³-hybridized carbons (Fsp3) is 1.00. The molecule has 0 aromatic carbocycles.